The van der Waals surface area contributed by atoms with Crippen LogP contribution in [0.4, 0.5) is 0 Å². The van der Waals surface area contributed by atoms with Gasteiger partial charge in [-0.2, -0.15) is 0 Å². The van der Waals surface area contributed by atoms with Crippen LogP contribution >= 0.6 is 0 Å². The molecule has 0 aromatic heterocycles. The van der Waals surface area contributed by atoms with Crippen molar-refractivity contribution in [2.24, 2.45) is 5.73 Å². The fourth-order valence-electron chi connectivity index (χ4n) is 3.48. The lowest BCUT2D eigenvalue weighted by atomic mass is 10.00. The molecule has 3 nitrogen and oxygen atoms in total. The third-order valence-corrected chi connectivity index (χ3v) is 5.15. The topological polar surface area (TPSA) is 44.5 Å². The van der Waals surface area contributed by atoms with E-state index in [0.29, 0.717) is 6.61 Å². The molecule has 2 N–H and O–H groups in total. The minimum absolute atomic E-state index is 0.205. The van der Waals surface area contributed by atoms with Gasteiger partial charge in [0.25, 0.3) is 0 Å². The molecule has 0 spiro atoms. The Bertz CT molecular complexity index is 657. The molecule has 0 fully saturated rings. The number of benzene rings is 2. The molecule has 0 aliphatic rings. The van der Waals surface area contributed by atoms with Crippen molar-refractivity contribution in [3.05, 3.63) is 59.7 Å². The molecule has 0 aliphatic carbocycles. The van der Waals surface area contributed by atoms with E-state index < -0.39 is 0 Å². The van der Waals surface area contributed by atoms with Gasteiger partial charge in [0.1, 0.15) is 0 Å². The van der Waals surface area contributed by atoms with E-state index in [4.69, 9.17) is 15.2 Å². The zero-order valence-corrected chi connectivity index (χ0v) is 17.7. The van der Waals surface area contributed by atoms with Crippen LogP contribution in [0.15, 0.2) is 48.5 Å². The third-order valence-electron chi connectivity index (χ3n) is 5.15. The highest BCUT2D eigenvalue weighted by molar-refractivity contribution is 5.43. The smallest absolute Gasteiger partial charge is 0.161 e. The zero-order valence-electron chi connectivity index (χ0n) is 17.7. The van der Waals surface area contributed by atoms with Crippen molar-refractivity contribution in [2.75, 3.05) is 13.7 Å². The van der Waals surface area contributed by atoms with Crippen LogP contribution in [-0.2, 0) is 12.8 Å². The highest BCUT2D eigenvalue weighted by Crippen LogP contribution is 2.29. The summed E-state index contributed by atoms with van der Waals surface area (Å²) in [5, 5.41) is 0. The van der Waals surface area contributed by atoms with Gasteiger partial charge in [0.15, 0.2) is 11.5 Å². The van der Waals surface area contributed by atoms with Gasteiger partial charge in [-0.25, -0.2) is 0 Å². The second-order valence-electron chi connectivity index (χ2n) is 7.59. The molecule has 154 valence electrons. The Balaban J connectivity index is 1.80. The van der Waals surface area contributed by atoms with E-state index >= 15 is 0 Å². The lowest BCUT2D eigenvalue weighted by molar-refractivity contribution is 0.297. The van der Waals surface area contributed by atoms with Crippen LogP contribution < -0.4 is 15.2 Å². The number of unbranched alkanes of at least 4 members (excludes halogenated alkanes) is 5. The van der Waals surface area contributed by atoms with Crippen LogP contribution in [-0.4, -0.2) is 19.8 Å². The van der Waals surface area contributed by atoms with Gasteiger partial charge in [-0.05, 0) is 36.1 Å². The molecule has 3 heteroatoms. The van der Waals surface area contributed by atoms with Crippen molar-refractivity contribution >= 4 is 0 Å². The number of hydrogen-bond donors (Lipinski definition) is 1. The summed E-state index contributed by atoms with van der Waals surface area (Å²) in [6, 6.07) is 16.8. The minimum atomic E-state index is 0.205. The second kappa shape index (κ2) is 13.2. The fraction of sp³-hybridized carbons (Fsp3) is 0.520. The quantitative estimate of drug-likeness (QED) is 0.411. The number of hydrogen-bond acceptors (Lipinski definition) is 3. The van der Waals surface area contributed by atoms with Crippen LogP contribution in [0.1, 0.15) is 63.0 Å². The molecule has 2 aromatic carbocycles. The van der Waals surface area contributed by atoms with E-state index in [-0.39, 0.29) is 6.04 Å². The van der Waals surface area contributed by atoms with Gasteiger partial charge >= 0.3 is 0 Å². The lowest BCUT2D eigenvalue weighted by Gasteiger charge is -2.15. The average molecular weight is 384 g/mol. The highest BCUT2D eigenvalue weighted by Gasteiger charge is 2.09. The van der Waals surface area contributed by atoms with Crippen LogP contribution in [0.5, 0.6) is 11.5 Å². The summed E-state index contributed by atoms with van der Waals surface area (Å²) in [4.78, 5) is 0. The Hall–Kier alpha value is -2.00. The maximum absolute atomic E-state index is 6.37. The Morgan fingerprint density at radius 1 is 0.857 bits per heavy atom. The second-order valence-corrected chi connectivity index (χ2v) is 7.59. The third kappa shape index (κ3) is 8.35. The van der Waals surface area contributed by atoms with E-state index in [1.54, 1.807) is 7.11 Å². The van der Waals surface area contributed by atoms with Gasteiger partial charge in [-0.1, -0.05) is 81.8 Å². The first-order chi connectivity index (χ1) is 13.7. The Morgan fingerprint density at radius 3 is 2.36 bits per heavy atom. The molecule has 1 atom stereocenters. The summed E-state index contributed by atoms with van der Waals surface area (Å²) < 4.78 is 11.5. The van der Waals surface area contributed by atoms with Gasteiger partial charge in [0.05, 0.1) is 13.7 Å². The summed E-state index contributed by atoms with van der Waals surface area (Å²) in [6.07, 6.45) is 10.7. The predicted octanol–water partition coefficient (Wildman–Crippen LogP) is 5.94. The Labute approximate surface area is 171 Å². The first-order valence-electron chi connectivity index (χ1n) is 10.8. The van der Waals surface area contributed by atoms with Crippen molar-refractivity contribution in [3.8, 4) is 11.5 Å². The molecule has 2 aromatic rings. The normalized spacial score (nSPS) is 12.0. The van der Waals surface area contributed by atoms with E-state index in [2.05, 4.69) is 43.3 Å². The molecule has 0 aliphatic heterocycles. The van der Waals surface area contributed by atoms with Gasteiger partial charge in [0, 0.05) is 12.5 Å². The molecule has 0 bridgehead atoms. The summed E-state index contributed by atoms with van der Waals surface area (Å²) in [7, 11) is 1.68. The molecular formula is C25H37NO2. The highest BCUT2D eigenvalue weighted by atomic mass is 16.5. The maximum Gasteiger partial charge on any atom is 0.161 e. The first kappa shape index (κ1) is 22.3. The largest absolute Gasteiger partial charge is 0.493 e. The van der Waals surface area contributed by atoms with Crippen molar-refractivity contribution < 1.29 is 9.47 Å². The summed E-state index contributed by atoms with van der Waals surface area (Å²) in [6.45, 7) is 2.89. The van der Waals surface area contributed by atoms with E-state index in [9.17, 15) is 0 Å². The standard InChI is InChI=1S/C25H37NO2/c1-3-4-5-6-7-11-14-23(26)19-22-15-16-24(27-2)25(20-22)28-18-17-21-12-9-8-10-13-21/h8-10,12-13,15-16,20,23H,3-7,11,14,17-19,26H2,1-2H3/t23-/m1/s1. The predicted molar refractivity (Wildman–Crippen MR) is 118 cm³/mol. The molecule has 0 heterocycles. The van der Waals surface area contributed by atoms with Gasteiger partial charge < -0.3 is 15.2 Å². The van der Waals surface area contributed by atoms with Crippen molar-refractivity contribution in [1.29, 1.82) is 0 Å². The van der Waals surface area contributed by atoms with Crippen molar-refractivity contribution in [2.45, 2.75) is 70.8 Å². The molecule has 0 amide bonds. The number of methoxy groups -OCH3 is 1. The summed E-state index contributed by atoms with van der Waals surface area (Å²) in [5.74, 6) is 1.59. The van der Waals surface area contributed by atoms with E-state index in [1.165, 1.54) is 49.7 Å². The fourth-order valence-corrected chi connectivity index (χ4v) is 3.48. The maximum atomic E-state index is 6.37. The molecule has 0 saturated heterocycles. The summed E-state index contributed by atoms with van der Waals surface area (Å²) in [5.41, 5.74) is 8.86. The van der Waals surface area contributed by atoms with Gasteiger partial charge in [-0.3, -0.25) is 0 Å². The van der Waals surface area contributed by atoms with Gasteiger partial charge in [-0.15, -0.1) is 0 Å². The lowest BCUT2D eigenvalue weighted by Crippen LogP contribution is -2.22. The van der Waals surface area contributed by atoms with Crippen LogP contribution in [0.2, 0.25) is 0 Å². The number of nitrogens with two attached hydrogens (primary N) is 1. The SMILES string of the molecule is CCCCCCCC[C@@H](N)Cc1ccc(OC)c(OCCc2ccccc2)c1. The average Bonchev–Trinajstić information content (AvgIpc) is 2.71. The minimum Gasteiger partial charge on any atom is -0.493 e. The molecule has 0 radical (unpaired) electrons. The molecule has 0 unspecified atom stereocenters. The number of rotatable bonds is 14. The monoisotopic (exact) mass is 383 g/mol. The first-order valence-corrected chi connectivity index (χ1v) is 10.8. The van der Waals surface area contributed by atoms with Crippen molar-refractivity contribution in [3.63, 3.8) is 0 Å². The molecule has 2 rings (SSSR count). The van der Waals surface area contributed by atoms with E-state index in [1.807, 2.05) is 12.1 Å². The number of ether oxygens (including phenoxy) is 2. The Morgan fingerprint density at radius 2 is 1.61 bits per heavy atom. The molecule has 0 saturated carbocycles. The van der Waals surface area contributed by atoms with Gasteiger partial charge in [0.2, 0.25) is 0 Å². The molecular weight excluding hydrogens is 346 g/mol. The zero-order chi connectivity index (χ0) is 20.0. The van der Waals surface area contributed by atoms with E-state index in [0.717, 1.165) is 30.8 Å². The van der Waals surface area contributed by atoms with Crippen LogP contribution in [0, 0.1) is 0 Å². The summed E-state index contributed by atoms with van der Waals surface area (Å²) >= 11 is 0. The van der Waals surface area contributed by atoms with Crippen LogP contribution in [0.3, 0.4) is 0 Å². The molecule has 28 heavy (non-hydrogen) atoms. The van der Waals surface area contributed by atoms with Crippen molar-refractivity contribution in [1.82, 2.24) is 0 Å². The Kier molecular flexibility index (Phi) is 10.5. The van der Waals surface area contributed by atoms with Crippen LogP contribution in [0.25, 0.3) is 0 Å².